The minimum Gasteiger partial charge on any atom is -0.616 e. The zero-order valence-corrected chi connectivity index (χ0v) is 10.9. The standard InChI is InChI=1S/C10H15FN2OS2/c1-3-13-10(9(2)7-12)15-8-16(14)6-4-5-11/h2-6,8H2,1H3/b13-10+. The van der Waals surface area contributed by atoms with Crippen molar-refractivity contribution in [1.29, 1.82) is 5.26 Å². The van der Waals surface area contributed by atoms with Gasteiger partial charge in [-0.3, -0.25) is 9.38 Å². The Morgan fingerprint density at radius 2 is 2.38 bits per heavy atom. The van der Waals surface area contributed by atoms with Crippen LogP contribution in [0.1, 0.15) is 13.3 Å². The van der Waals surface area contributed by atoms with Crippen LogP contribution in [0.15, 0.2) is 17.1 Å². The van der Waals surface area contributed by atoms with Gasteiger partial charge in [-0.25, -0.2) is 0 Å². The molecule has 0 aromatic carbocycles. The molecule has 16 heavy (non-hydrogen) atoms. The predicted molar refractivity (Wildman–Crippen MR) is 68.8 cm³/mol. The first-order valence-electron chi connectivity index (χ1n) is 4.83. The molecule has 0 saturated carbocycles. The van der Waals surface area contributed by atoms with E-state index in [0.717, 1.165) is 0 Å². The molecule has 90 valence electrons. The van der Waals surface area contributed by atoms with Crippen LogP contribution in [0.3, 0.4) is 0 Å². The molecule has 1 atom stereocenters. The SMILES string of the molecule is C=C(C#N)/C(=N\CC)SC[S+]([O-])CCCF. The molecule has 0 saturated heterocycles. The average Bonchev–Trinajstić information content (AvgIpc) is 2.30. The number of rotatable bonds is 7. The molecule has 0 aromatic heterocycles. The van der Waals surface area contributed by atoms with E-state index in [1.54, 1.807) is 0 Å². The molecule has 0 heterocycles. The Balaban J connectivity index is 4.09. The van der Waals surface area contributed by atoms with Gasteiger partial charge in [-0.15, -0.1) is 0 Å². The third kappa shape index (κ3) is 6.88. The number of alkyl halides is 1. The summed E-state index contributed by atoms with van der Waals surface area (Å²) in [5, 5.41) is 9.53. The van der Waals surface area contributed by atoms with Gasteiger partial charge in [-0.1, -0.05) is 18.3 Å². The van der Waals surface area contributed by atoms with Crippen LogP contribution in [0, 0.1) is 11.3 Å². The summed E-state index contributed by atoms with van der Waals surface area (Å²) in [6.45, 7) is 5.52. The molecule has 0 spiro atoms. The second-order valence-corrected chi connectivity index (χ2v) is 5.72. The lowest BCUT2D eigenvalue weighted by atomic mass is 10.4. The number of thioether (sulfide) groups is 1. The fourth-order valence-electron chi connectivity index (χ4n) is 0.816. The van der Waals surface area contributed by atoms with Crippen LogP contribution in [-0.2, 0) is 11.2 Å². The van der Waals surface area contributed by atoms with Gasteiger partial charge in [-0.05, 0) is 18.1 Å². The molecular formula is C10H15FN2OS2. The fraction of sp³-hybridized carbons (Fsp3) is 0.600. The van der Waals surface area contributed by atoms with Crippen LogP contribution in [0.2, 0.25) is 0 Å². The molecule has 0 fully saturated rings. The molecular weight excluding hydrogens is 247 g/mol. The van der Waals surface area contributed by atoms with Crippen molar-refractivity contribution in [2.45, 2.75) is 13.3 Å². The maximum absolute atomic E-state index is 11.8. The molecule has 0 aliphatic carbocycles. The highest BCUT2D eigenvalue weighted by atomic mass is 32.3. The Labute approximate surface area is 103 Å². The summed E-state index contributed by atoms with van der Waals surface area (Å²) in [4.78, 5) is 4.10. The molecule has 6 heteroatoms. The maximum atomic E-state index is 11.8. The molecule has 0 aliphatic rings. The Bertz CT molecular complexity index is 289. The van der Waals surface area contributed by atoms with Crippen LogP contribution < -0.4 is 0 Å². The van der Waals surface area contributed by atoms with Gasteiger partial charge in [-0.2, -0.15) is 5.26 Å². The van der Waals surface area contributed by atoms with Gasteiger partial charge in [0.2, 0.25) is 0 Å². The van der Waals surface area contributed by atoms with Crippen molar-refractivity contribution in [1.82, 2.24) is 0 Å². The van der Waals surface area contributed by atoms with Gasteiger partial charge in [0, 0.05) is 13.0 Å². The quantitative estimate of drug-likeness (QED) is 0.306. The summed E-state index contributed by atoms with van der Waals surface area (Å²) in [5.41, 5.74) is 0.286. The molecule has 0 N–H and O–H groups in total. The topological polar surface area (TPSA) is 59.2 Å². The van der Waals surface area contributed by atoms with Crippen LogP contribution >= 0.6 is 11.8 Å². The summed E-state index contributed by atoms with van der Waals surface area (Å²) in [5.74, 6) is 0.349. The van der Waals surface area contributed by atoms with Crippen LogP contribution in [0.4, 0.5) is 4.39 Å². The number of nitriles is 1. The molecule has 0 amide bonds. The van der Waals surface area contributed by atoms with Crippen molar-refractivity contribution in [3.63, 3.8) is 0 Å². The minimum atomic E-state index is -1.07. The normalized spacial score (nSPS) is 13.2. The lowest BCUT2D eigenvalue weighted by molar-refractivity contribution is 0.484. The number of halogens is 1. The van der Waals surface area contributed by atoms with E-state index in [1.807, 2.05) is 13.0 Å². The summed E-state index contributed by atoms with van der Waals surface area (Å²) < 4.78 is 23.2. The van der Waals surface area contributed by atoms with Crippen LogP contribution in [0.25, 0.3) is 0 Å². The predicted octanol–water partition coefficient (Wildman–Crippen LogP) is 2.28. The molecule has 0 radical (unpaired) electrons. The Morgan fingerprint density at radius 1 is 1.69 bits per heavy atom. The smallest absolute Gasteiger partial charge is 0.156 e. The fourth-order valence-corrected chi connectivity index (χ4v) is 3.13. The van der Waals surface area contributed by atoms with Crippen molar-refractivity contribution < 1.29 is 8.94 Å². The Kier molecular flexibility index (Phi) is 9.39. The third-order valence-electron chi connectivity index (χ3n) is 1.53. The lowest BCUT2D eigenvalue weighted by Crippen LogP contribution is -2.11. The second kappa shape index (κ2) is 9.70. The highest BCUT2D eigenvalue weighted by Crippen LogP contribution is 2.15. The van der Waals surface area contributed by atoms with Crippen molar-refractivity contribution in [2.75, 3.05) is 24.1 Å². The number of hydrogen-bond acceptors (Lipinski definition) is 4. The van der Waals surface area contributed by atoms with E-state index in [2.05, 4.69) is 11.6 Å². The molecule has 0 aromatic rings. The van der Waals surface area contributed by atoms with Crippen LogP contribution in [-0.4, -0.2) is 33.7 Å². The first-order valence-corrected chi connectivity index (χ1v) is 7.30. The summed E-state index contributed by atoms with van der Waals surface area (Å²) in [7, 11) is 0. The lowest BCUT2D eigenvalue weighted by Gasteiger charge is -2.10. The number of aliphatic imine (C=N–C) groups is 1. The Morgan fingerprint density at radius 3 is 2.88 bits per heavy atom. The molecule has 0 rings (SSSR count). The van der Waals surface area contributed by atoms with Gasteiger partial charge < -0.3 is 4.55 Å². The zero-order valence-electron chi connectivity index (χ0n) is 9.24. The van der Waals surface area contributed by atoms with E-state index >= 15 is 0 Å². The minimum absolute atomic E-state index is 0.286. The highest BCUT2D eigenvalue weighted by molar-refractivity contribution is 8.22. The van der Waals surface area contributed by atoms with E-state index in [4.69, 9.17) is 5.26 Å². The van der Waals surface area contributed by atoms with E-state index in [-0.39, 0.29) is 5.57 Å². The zero-order chi connectivity index (χ0) is 12.4. The molecule has 3 nitrogen and oxygen atoms in total. The number of nitrogens with zero attached hydrogens (tertiary/aromatic N) is 2. The first kappa shape index (κ1) is 15.5. The van der Waals surface area contributed by atoms with Gasteiger partial charge in [0.15, 0.2) is 5.08 Å². The van der Waals surface area contributed by atoms with E-state index in [1.165, 1.54) is 11.8 Å². The van der Waals surface area contributed by atoms with Crippen molar-refractivity contribution in [3.8, 4) is 6.07 Å². The Hall–Kier alpha value is -0.510. The van der Waals surface area contributed by atoms with E-state index in [0.29, 0.717) is 28.8 Å². The monoisotopic (exact) mass is 262 g/mol. The van der Waals surface area contributed by atoms with Crippen molar-refractivity contribution in [2.24, 2.45) is 4.99 Å². The first-order chi connectivity index (χ1) is 7.65. The van der Waals surface area contributed by atoms with Gasteiger partial charge in [0.05, 0.1) is 12.2 Å². The highest BCUT2D eigenvalue weighted by Gasteiger charge is 2.11. The molecule has 1 unspecified atom stereocenters. The average molecular weight is 262 g/mol. The molecule has 0 aliphatic heterocycles. The summed E-state index contributed by atoms with van der Waals surface area (Å²) >= 11 is 0.172. The maximum Gasteiger partial charge on any atom is 0.156 e. The molecule has 0 bridgehead atoms. The summed E-state index contributed by atoms with van der Waals surface area (Å²) in [6.07, 6.45) is 0.312. The van der Waals surface area contributed by atoms with Gasteiger partial charge in [0.1, 0.15) is 16.9 Å². The van der Waals surface area contributed by atoms with Gasteiger partial charge >= 0.3 is 0 Å². The second-order valence-electron chi connectivity index (χ2n) is 2.82. The van der Waals surface area contributed by atoms with Crippen LogP contribution in [0.5, 0.6) is 0 Å². The number of hydrogen-bond donors (Lipinski definition) is 0. The third-order valence-corrected chi connectivity index (χ3v) is 4.44. The van der Waals surface area contributed by atoms with Gasteiger partial charge in [0.25, 0.3) is 0 Å². The van der Waals surface area contributed by atoms with E-state index < -0.39 is 17.9 Å². The largest absolute Gasteiger partial charge is 0.616 e. The van der Waals surface area contributed by atoms with Crippen molar-refractivity contribution in [3.05, 3.63) is 12.2 Å². The van der Waals surface area contributed by atoms with E-state index in [9.17, 15) is 8.94 Å². The van der Waals surface area contributed by atoms with Crippen molar-refractivity contribution >= 4 is 28.0 Å². The summed E-state index contributed by atoms with van der Waals surface area (Å²) in [6, 6.07) is 1.91.